The lowest BCUT2D eigenvalue weighted by Gasteiger charge is -2.12. The Labute approximate surface area is 142 Å². The van der Waals surface area contributed by atoms with Gasteiger partial charge in [-0.3, -0.25) is 9.20 Å². The number of hydrogen-bond acceptors (Lipinski definition) is 5. The number of imidazole rings is 1. The van der Waals surface area contributed by atoms with Crippen LogP contribution in [0.4, 0.5) is 0 Å². The molecule has 0 aliphatic heterocycles. The molecule has 7 nitrogen and oxygen atoms in total. The van der Waals surface area contributed by atoms with E-state index in [1.165, 1.54) is 0 Å². The summed E-state index contributed by atoms with van der Waals surface area (Å²) in [7, 11) is 0. The first-order chi connectivity index (χ1) is 11.4. The Balaban J connectivity index is 1.61. The maximum absolute atomic E-state index is 12.2. The molecule has 0 radical (unpaired) electrons. The van der Waals surface area contributed by atoms with E-state index < -0.39 is 0 Å². The van der Waals surface area contributed by atoms with Crippen molar-refractivity contribution in [1.82, 2.24) is 24.7 Å². The lowest BCUT2D eigenvalue weighted by atomic mass is 10.1. The van der Waals surface area contributed by atoms with Crippen LogP contribution in [0.5, 0.6) is 0 Å². The molecule has 0 aromatic carbocycles. The van der Waals surface area contributed by atoms with Gasteiger partial charge in [0.2, 0.25) is 5.91 Å². The van der Waals surface area contributed by atoms with Crippen molar-refractivity contribution in [1.29, 1.82) is 0 Å². The third kappa shape index (κ3) is 3.38. The Morgan fingerprint density at radius 3 is 2.92 bits per heavy atom. The van der Waals surface area contributed by atoms with E-state index in [1.807, 2.05) is 36.0 Å². The zero-order valence-electron chi connectivity index (χ0n) is 13.8. The quantitative estimate of drug-likeness (QED) is 0.739. The second-order valence-electron chi connectivity index (χ2n) is 5.78. The first-order valence-corrected chi connectivity index (χ1v) is 8.60. The van der Waals surface area contributed by atoms with E-state index in [1.54, 1.807) is 18.3 Å². The molecule has 0 aliphatic carbocycles. The Bertz CT molecular complexity index is 885. The summed E-state index contributed by atoms with van der Waals surface area (Å²) < 4.78 is 1.95. The van der Waals surface area contributed by atoms with Crippen molar-refractivity contribution in [2.24, 2.45) is 0 Å². The monoisotopic (exact) mass is 345 g/mol. The molecular weight excluding hydrogens is 326 g/mol. The van der Waals surface area contributed by atoms with Crippen molar-refractivity contribution in [3.63, 3.8) is 0 Å². The third-order valence-corrected chi connectivity index (χ3v) is 4.76. The largest absolute Gasteiger partial charge is 0.348 e. The van der Waals surface area contributed by atoms with Crippen LogP contribution in [0.25, 0.3) is 4.96 Å². The van der Waals surface area contributed by atoms with Gasteiger partial charge >= 0.3 is 5.69 Å². The van der Waals surface area contributed by atoms with E-state index in [2.05, 4.69) is 20.3 Å². The highest BCUT2D eigenvalue weighted by Gasteiger charge is 2.15. The van der Waals surface area contributed by atoms with Crippen LogP contribution in [-0.2, 0) is 11.2 Å². The number of nitrogens with one attached hydrogen (secondary N) is 2. The third-order valence-electron chi connectivity index (χ3n) is 3.99. The van der Waals surface area contributed by atoms with Gasteiger partial charge in [-0.2, -0.15) is 4.98 Å². The predicted molar refractivity (Wildman–Crippen MR) is 92.3 cm³/mol. The molecule has 3 rings (SSSR count). The number of H-pyrrole nitrogens is 1. The summed E-state index contributed by atoms with van der Waals surface area (Å²) in [6.07, 6.45) is 4.75. The van der Waals surface area contributed by atoms with Crippen molar-refractivity contribution >= 4 is 22.2 Å². The SMILES string of the molecule is Cc1nc(=O)[nH]c(C)c1CCC(=O)N[C@@H](C)c1cn2ccsc2n1. The number of aromatic amines is 1. The number of hydrogen-bond donors (Lipinski definition) is 2. The molecule has 0 saturated carbocycles. The number of nitrogens with zero attached hydrogens (tertiary/aromatic N) is 3. The molecule has 0 bridgehead atoms. The topological polar surface area (TPSA) is 92.1 Å². The van der Waals surface area contributed by atoms with E-state index in [-0.39, 0.29) is 17.6 Å². The zero-order valence-corrected chi connectivity index (χ0v) is 14.6. The molecule has 3 heterocycles. The second kappa shape index (κ2) is 6.56. The Kier molecular flexibility index (Phi) is 4.48. The minimum atomic E-state index is -0.355. The molecule has 0 aliphatic rings. The molecule has 0 unspecified atom stereocenters. The average Bonchev–Trinajstić information content (AvgIpc) is 3.06. The average molecular weight is 345 g/mol. The molecule has 3 aromatic heterocycles. The summed E-state index contributed by atoms with van der Waals surface area (Å²) in [5, 5.41) is 4.94. The summed E-state index contributed by atoms with van der Waals surface area (Å²) in [5.41, 5.74) is 2.84. The number of amides is 1. The van der Waals surface area contributed by atoms with E-state index in [4.69, 9.17) is 0 Å². The van der Waals surface area contributed by atoms with Crippen molar-refractivity contribution in [3.8, 4) is 0 Å². The molecule has 8 heteroatoms. The van der Waals surface area contributed by atoms with Gasteiger partial charge in [0.05, 0.1) is 11.7 Å². The van der Waals surface area contributed by atoms with Gasteiger partial charge in [-0.1, -0.05) is 0 Å². The number of carbonyl (C=O) groups is 1. The Morgan fingerprint density at radius 2 is 2.21 bits per heavy atom. The van der Waals surface area contributed by atoms with Crippen LogP contribution < -0.4 is 11.0 Å². The molecule has 0 fully saturated rings. The molecule has 2 N–H and O–H groups in total. The fraction of sp³-hybridized carbons (Fsp3) is 0.375. The van der Waals surface area contributed by atoms with Gasteiger partial charge in [0.1, 0.15) is 0 Å². The fourth-order valence-corrected chi connectivity index (χ4v) is 3.41. The van der Waals surface area contributed by atoms with Gasteiger partial charge in [-0.25, -0.2) is 9.78 Å². The summed E-state index contributed by atoms with van der Waals surface area (Å²) in [6, 6.07) is -0.152. The highest BCUT2D eigenvalue weighted by molar-refractivity contribution is 7.15. The number of carbonyl (C=O) groups excluding carboxylic acids is 1. The number of aryl methyl sites for hydroxylation is 2. The Hall–Kier alpha value is -2.48. The number of fused-ring (bicyclic) bond motifs is 1. The highest BCUT2D eigenvalue weighted by Crippen LogP contribution is 2.17. The summed E-state index contributed by atoms with van der Waals surface area (Å²) in [5.74, 6) is -0.0520. The molecule has 1 amide bonds. The minimum absolute atomic E-state index is 0.0520. The van der Waals surface area contributed by atoms with E-state index in [0.717, 1.165) is 21.9 Å². The smallest absolute Gasteiger partial charge is 0.345 e. The van der Waals surface area contributed by atoms with Crippen molar-refractivity contribution in [2.75, 3.05) is 0 Å². The maximum Gasteiger partial charge on any atom is 0.345 e. The lowest BCUT2D eigenvalue weighted by Crippen LogP contribution is -2.27. The van der Waals surface area contributed by atoms with Crippen LogP contribution in [0.1, 0.15) is 42.0 Å². The Morgan fingerprint density at radius 1 is 1.42 bits per heavy atom. The molecule has 1 atom stereocenters. The molecular formula is C16H19N5O2S. The molecule has 24 heavy (non-hydrogen) atoms. The van der Waals surface area contributed by atoms with Gasteiger partial charge in [0.25, 0.3) is 0 Å². The van der Waals surface area contributed by atoms with Gasteiger partial charge in [0.15, 0.2) is 4.96 Å². The van der Waals surface area contributed by atoms with Gasteiger partial charge in [0, 0.05) is 35.6 Å². The van der Waals surface area contributed by atoms with Crippen LogP contribution in [0.15, 0.2) is 22.6 Å². The minimum Gasteiger partial charge on any atom is -0.348 e. The van der Waals surface area contributed by atoms with Crippen molar-refractivity contribution in [2.45, 2.75) is 39.7 Å². The molecule has 0 spiro atoms. The second-order valence-corrected chi connectivity index (χ2v) is 6.65. The van der Waals surface area contributed by atoms with Gasteiger partial charge < -0.3 is 10.3 Å². The maximum atomic E-state index is 12.2. The standard InChI is InChI=1S/C16H19N5O2S/c1-9-12(10(2)19-15(23)18-9)4-5-14(22)17-11(3)13-8-21-6-7-24-16(21)20-13/h6-8,11H,4-5H2,1-3H3,(H,17,22)(H,18,19,23)/t11-/m0/s1. The van der Waals surface area contributed by atoms with Crippen LogP contribution in [0, 0.1) is 13.8 Å². The van der Waals surface area contributed by atoms with Crippen LogP contribution in [0.3, 0.4) is 0 Å². The first-order valence-electron chi connectivity index (χ1n) is 7.72. The van der Waals surface area contributed by atoms with E-state index in [9.17, 15) is 9.59 Å². The summed E-state index contributed by atoms with van der Waals surface area (Å²) in [4.78, 5) is 35.5. The zero-order chi connectivity index (χ0) is 17.3. The fourth-order valence-electron chi connectivity index (χ4n) is 2.70. The highest BCUT2D eigenvalue weighted by atomic mass is 32.1. The lowest BCUT2D eigenvalue weighted by molar-refractivity contribution is -0.121. The van der Waals surface area contributed by atoms with Crippen molar-refractivity contribution < 1.29 is 4.79 Å². The van der Waals surface area contributed by atoms with Gasteiger partial charge in [-0.05, 0) is 32.8 Å². The van der Waals surface area contributed by atoms with Crippen LogP contribution in [-0.4, -0.2) is 25.3 Å². The number of thiazole rings is 1. The molecule has 3 aromatic rings. The van der Waals surface area contributed by atoms with Crippen LogP contribution >= 0.6 is 11.3 Å². The first kappa shape index (κ1) is 16.4. The van der Waals surface area contributed by atoms with Crippen LogP contribution in [0.2, 0.25) is 0 Å². The van der Waals surface area contributed by atoms with Crippen molar-refractivity contribution in [3.05, 3.63) is 50.9 Å². The normalized spacial score (nSPS) is 12.5. The summed E-state index contributed by atoms with van der Waals surface area (Å²) >= 11 is 1.56. The number of aromatic nitrogens is 4. The van der Waals surface area contributed by atoms with E-state index >= 15 is 0 Å². The summed E-state index contributed by atoms with van der Waals surface area (Å²) in [6.45, 7) is 5.53. The van der Waals surface area contributed by atoms with E-state index in [0.29, 0.717) is 18.5 Å². The van der Waals surface area contributed by atoms with Gasteiger partial charge in [-0.15, -0.1) is 11.3 Å². The predicted octanol–water partition coefficient (Wildman–Crippen LogP) is 1.91. The number of rotatable bonds is 5. The molecule has 0 saturated heterocycles. The molecule has 126 valence electrons.